The zero-order chi connectivity index (χ0) is 12.5. The molecule has 0 atom stereocenters. The van der Waals surface area contributed by atoms with Gasteiger partial charge < -0.3 is 10.4 Å². The summed E-state index contributed by atoms with van der Waals surface area (Å²) in [6.45, 7) is 0.562. The summed E-state index contributed by atoms with van der Waals surface area (Å²) in [5, 5.41) is 17.2. The molecule has 0 saturated carbocycles. The third-order valence-electron chi connectivity index (χ3n) is 2.23. The Morgan fingerprint density at radius 1 is 1.29 bits per heavy atom. The van der Waals surface area contributed by atoms with Crippen molar-refractivity contribution in [3.63, 3.8) is 0 Å². The molecule has 0 aliphatic rings. The van der Waals surface area contributed by atoms with Crippen LogP contribution in [0.5, 0.6) is 0 Å². The summed E-state index contributed by atoms with van der Waals surface area (Å²) in [7, 11) is 0. The molecule has 1 aromatic heterocycles. The van der Waals surface area contributed by atoms with Gasteiger partial charge in [0, 0.05) is 13.0 Å². The second-order valence-corrected chi connectivity index (χ2v) is 3.65. The van der Waals surface area contributed by atoms with Crippen LogP contribution >= 0.6 is 0 Å². The van der Waals surface area contributed by atoms with Crippen LogP contribution in [0.1, 0.15) is 42.7 Å². The molecule has 1 amide bonds. The molecule has 0 aromatic carbocycles. The number of aliphatic carboxylic acids is 1. The van der Waals surface area contributed by atoms with Gasteiger partial charge in [0.25, 0.3) is 5.91 Å². The number of carbonyl (C=O) groups is 2. The van der Waals surface area contributed by atoms with Crippen molar-refractivity contribution in [2.45, 2.75) is 32.1 Å². The van der Waals surface area contributed by atoms with E-state index < -0.39 is 5.97 Å². The van der Waals surface area contributed by atoms with E-state index in [1.54, 1.807) is 0 Å². The van der Waals surface area contributed by atoms with Gasteiger partial charge in [-0.05, 0) is 12.8 Å². The van der Waals surface area contributed by atoms with Crippen LogP contribution < -0.4 is 5.32 Å². The third-order valence-corrected chi connectivity index (χ3v) is 2.23. The van der Waals surface area contributed by atoms with E-state index in [1.165, 1.54) is 6.33 Å². The van der Waals surface area contributed by atoms with E-state index in [0.29, 0.717) is 13.0 Å². The van der Waals surface area contributed by atoms with Crippen LogP contribution in [0.15, 0.2) is 6.33 Å². The molecule has 94 valence electrons. The van der Waals surface area contributed by atoms with E-state index >= 15 is 0 Å². The molecule has 0 bridgehead atoms. The SMILES string of the molecule is O=C(O)CCCCCCNC(=O)c1ncn[nH]1. The van der Waals surface area contributed by atoms with Gasteiger partial charge in [0.2, 0.25) is 5.82 Å². The normalized spacial score (nSPS) is 10.1. The highest BCUT2D eigenvalue weighted by molar-refractivity contribution is 5.90. The number of hydrogen-bond donors (Lipinski definition) is 3. The summed E-state index contributed by atoms with van der Waals surface area (Å²) >= 11 is 0. The molecule has 0 radical (unpaired) electrons. The van der Waals surface area contributed by atoms with Crippen molar-refractivity contribution in [3.05, 3.63) is 12.2 Å². The maximum atomic E-state index is 11.4. The van der Waals surface area contributed by atoms with Crippen LogP contribution in [-0.2, 0) is 4.79 Å². The number of amides is 1. The summed E-state index contributed by atoms with van der Waals surface area (Å²) in [5.74, 6) is -0.826. The van der Waals surface area contributed by atoms with Gasteiger partial charge in [-0.3, -0.25) is 14.7 Å². The highest BCUT2D eigenvalue weighted by Crippen LogP contribution is 2.02. The fourth-order valence-electron chi connectivity index (χ4n) is 1.36. The second kappa shape index (κ2) is 7.37. The van der Waals surface area contributed by atoms with E-state index in [2.05, 4.69) is 20.5 Å². The molecule has 1 rings (SSSR count). The van der Waals surface area contributed by atoms with E-state index in [1.807, 2.05) is 0 Å². The molecule has 0 fully saturated rings. The quantitative estimate of drug-likeness (QED) is 0.576. The van der Waals surface area contributed by atoms with Crippen molar-refractivity contribution in [2.75, 3.05) is 6.54 Å². The lowest BCUT2D eigenvalue weighted by Crippen LogP contribution is -2.25. The Balaban J connectivity index is 1.97. The first-order valence-corrected chi connectivity index (χ1v) is 5.55. The second-order valence-electron chi connectivity index (χ2n) is 3.65. The molecule has 0 aliphatic heterocycles. The number of carboxylic acid groups (broad SMARTS) is 1. The Morgan fingerprint density at radius 2 is 2.06 bits per heavy atom. The number of carboxylic acids is 1. The molecule has 1 aromatic rings. The maximum Gasteiger partial charge on any atom is 0.303 e. The van der Waals surface area contributed by atoms with E-state index in [9.17, 15) is 9.59 Å². The first-order valence-electron chi connectivity index (χ1n) is 5.55. The first kappa shape index (κ1) is 13.1. The van der Waals surface area contributed by atoms with Crippen molar-refractivity contribution in [1.82, 2.24) is 20.5 Å². The summed E-state index contributed by atoms with van der Waals surface area (Å²) in [6, 6.07) is 0. The number of H-pyrrole nitrogens is 1. The van der Waals surface area contributed by atoms with Gasteiger partial charge in [-0.15, -0.1) is 0 Å². The smallest absolute Gasteiger partial charge is 0.303 e. The predicted octanol–water partition coefficient (Wildman–Crippen LogP) is 0.570. The van der Waals surface area contributed by atoms with Crippen molar-refractivity contribution < 1.29 is 14.7 Å². The van der Waals surface area contributed by atoms with Crippen molar-refractivity contribution in [1.29, 1.82) is 0 Å². The number of hydrogen-bond acceptors (Lipinski definition) is 4. The van der Waals surface area contributed by atoms with Crippen LogP contribution in [0.25, 0.3) is 0 Å². The summed E-state index contributed by atoms with van der Waals surface area (Å²) in [4.78, 5) is 25.3. The lowest BCUT2D eigenvalue weighted by molar-refractivity contribution is -0.137. The zero-order valence-electron chi connectivity index (χ0n) is 9.48. The minimum atomic E-state index is -0.761. The number of nitrogens with one attached hydrogen (secondary N) is 2. The first-order chi connectivity index (χ1) is 8.20. The van der Waals surface area contributed by atoms with Crippen molar-refractivity contribution in [2.24, 2.45) is 0 Å². The molecule has 0 spiro atoms. The molecular weight excluding hydrogens is 224 g/mol. The monoisotopic (exact) mass is 240 g/mol. The van der Waals surface area contributed by atoms with Gasteiger partial charge in [-0.25, -0.2) is 4.98 Å². The average Bonchev–Trinajstić information content (AvgIpc) is 2.80. The molecule has 7 nitrogen and oxygen atoms in total. The van der Waals surface area contributed by atoms with Gasteiger partial charge >= 0.3 is 5.97 Å². The Hall–Kier alpha value is -1.92. The fourth-order valence-corrected chi connectivity index (χ4v) is 1.36. The third kappa shape index (κ3) is 5.64. The number of carbonyl (C=O) groups excluding carboxylic acids is 1. The number of aromatic nitrogens is 3. The number of unbranched alkanes of at least 4 members (excludes halogenated alkanes) is 3. The van der Waals surface area contributed by atoms with Crippen LogP contribution in [0, 0.1) is 0 Å². The van der Waals surface area contributed by atoms with E-state index in [0.717, 1.165) is 19.3 Å². The molecule has 3 N–H and O–H groups in total. The Labute approximate surface area is 98.6 Å². The minimum absolute atomic E-state index is 0.205. The minimum Gasteiger partial charge on any atom is -0.481 e. The van der Waals surface area contributed by atoms with Crippen molar-refractivity contribution >= 4 is 11.9 Å². The summed E-state index contributed by atoms with van der Waals surface area (Å²) < 4.78 is 0. The molecule has 0 unspecified atom stereocenters. The van der Waals surface area contributed by atoms with Gasteiger partial charge in [0.1, 0.15) is 6.33 Å². The Kier molecular flexibility index (Phi) is 5.70. The van der Waals surface area contributed by atoms with Crippen LogP contribution in [0.2, 0.25) is 0 Å². The van der Waals surface area contributed by atoms with E-state index in [-0.39, 0.29) is 18.2 Å². The zero-order valence-corrected chi connectivity index (χ0v) is 9.48. The van der Waals surface area contributed by atoms with Crippen LogP contribution in [0.4, 0.5) is 0 Å². The lowest BCUT2D eigenvalue weighted by Gasteiger charge is -2.02. The topological polar surface area (TPSA) is 108 Å². The average molecular weight is 240 g/mol. The molecule has 1 heterocycles. The Bertz CT molecular complexity index is 350. The lowest BCUT2D eigenvalue weighted by atomic mass is 10.1. The Morgan fingerprint density at radius 3 is 2.71 bits per heavy atom. The highest BCUT2D eigenvalue weighted by Gasteiger charge is 2.06. The van der Waals surface area contributed by atoms with Gasteiger partial charge in [-0.2, -0.15) is 5.10 Å². The number of aromatic amines is 1. The molecule has 0 aliphatic carbocycles. The highest BCUT2D eigenvalue weighted by atomic mass is 16.4. The molecule has 0 saturated heterocycles. The number of nitrogens with zero attached hydrogens (tertiary/aromatic N) is 2. The van der Waals surface area contributed by atoms with Crippen molar-refractivity contribution in [3.8, 4) is 0 Å². The van der Waals surface area contributed by atoms with E-state index in [4.69, 9.17) is 5.11 Å². The number of rotatable bonds is 8. The van der Waals surface area contributed by atoms with Crippen LogP contribution in [0.3, 0.4) is 0 Å². The van der Waals surface area contributed by atoms with Gasteiger partial charge in [0.05, 0.1) is 0 Å². The van der Waals surface area contributed by atoms with Gasteiger partial charge in [0.15, 0.2) is 0 Å². The predicted molar refractivity (Wildman–Crippen MR) is 59.4 cm³/mol. The fraction of sp³-hybridized carbons (Fsp3) is 0.600. The van der Waals surface area contributed by atoms with Crippen LogP contribution in [-0.4, -0.2) is 38.7 Å². The standard InChI is InChI=1S/C10H16N4O3/c15-8(16)5-3-1-2-4-6-11-10(17)9-12-7-13-14-9/h7H,1-6H2,(H,11,17)(H,15,16)(H,12,13,14). The summed E-state index contributed by atoms with van der Waals surface area (Å²) in [6.07, 6.45) is 4.78. The maximum absolute atomic E-state index is 11.4. The molecule has 17 heavy (non-hydrogen) atoms. The summed E-state index contributed by atoms with van der Waals surface area (Å²) in [5.41, 5.74) is 0. The molecule has 7 heteroatoms. The molecular formula is C10H16N4O3. The largest absolute Gasteiger partial charge is 0.481 e. The van der Waals surface area contributed by atoms with Gasteiger partial charge in [-0.1, -0.05) is 12.8 Å².